The second kappa shape index (κ2) is 11.2. The van der Waals surface area contributed by atoms with Crippen LogP contribution in [0.25, 0.3) is 5.69 Å². The largest absolute Gasteiger partial charge is 0.497 e. The van der Waals surface area contributed by atoms with Gasteiger partial charge in [-0.05, 0) is 43.3 Å². The molecule has 2 aromatic carbocycles. The first-order valence-electron chi connectivity index (χ1n) is 9.93. The maximum Gasteiger partial charge on any atom is 0.243 e. The van der Waals surface area contributed by atoms with Crippen LogP contribution in [-0.4, -0.2) is 64.5 Å². The van der Waals surface area contributed by atoms with E-state index in [4.69, 9.17) is 9.47 Å². The van der Waals surface area contributed by atoms with Crippen LogP contribution in [0.5, 0.6) is 11.5 Å². The number of anilines is 1. The van der Waals surface area contributed by atoms with Crippen molar-refractivity contribution in [3.63, 3.8) is 0 Å². The van der Waals surface area contributed by atoms with Gasteiger partial charge in [0.2, 0.25) is 11.8 Å². The molecule has 0 aliphatic carbocycles. The van der Waals surface area contributed by atoms with E-state index in [0.717, 1.165) is 11.4 Å². The van der Waals surface area contributed by atoms with E-state index in [2.05, 4.69) is 15.5 Å². The smallest absolute Gasteiger partial charge is 0.243 e. The lowest BCUT2D eigenvalue weighted by atomic mass is 10.3. The molecule has 9 nitrogen and oxygen atoms in total. The molecule has 0 aliphatic rings. The van der Waals surface area contributed by atoms with Gasteiger partial charge in [-0.1, -0.05) is 17.8 Å². The molecule has 168 valence electrons. The average Bonchev–Trinajstić information content (AvgIpc) is 3.29. The topological polar surface area (TPSA) is 98.6 Å². The Hall–Kier alpha value is -3.53. The third-order valence-electron chi connectivity index (χ3n) is 4.61. The Labute approximate surface area is 190 Å². The van der Waals surface area contributed by atoms with E-state index in [1.807, 2.05) is 31.2 Å². The van der Waals surface area contributed by atoms with E-state index in [9.17, 15) is 9.59 Å². The fourth-order valence-electron chi connectivity index (χ4n) is 2.91. The molecule has 0 spiro atoms. The normalized spacial score (nSPS) is 10.5. The lowest BCUT2D eigenvalue weighted by Gasteiger charge is -2.20. The van der Waals surface area contributed by atoms with Gasteiger partial charge in [0, 0.05) is 24.0 Å². The minimum Gasteiger partial charge on any atom is -0.497 e. The quantitative estimate of drug-likeness (QED) is 0.469. The number of rotatable bonds is 10. The standard InChI is InChI=1S/C22H25N5O4S/c1-4-26(13-20(28)24-16-6-5-7-19(12-16)31-3)21(29)14-32-22-25-23-15-27(22)17-8-10-18(30-2)11-9-17/h5-12,15H,4,13-14H2,1-3H3,(H,24,28). The van der Waals surface area contributed by atoms with Crippen molar-refractivity contribution in [2.24, 2.45) is 0 Å². The summed E-state index contributed by atoms with van der Waals surface area (Å²) >= 11 is 1.26. The molecule has 0 fully saturated rings. The third-order valence-corrected chi connectivity index (χ3v) is 5.54. The molecular weight excluding hydrogens is 430 g/mol. The summed E-state index contributed by atoms with van der Waals surface area (Å²) in [5, 5.41) is 11.4. The van der Waals surface area contributed by atoms with Crippen molar-refractivity contribution in [1.82, 2.24) is 19.7 Å². The van der Waals surface area contributed by atoms with Crippen LogP contribution in [-0.2, 0) is 9.59 Å². The molecule has 0 aliphatic heterocycles. The summed E-state index contributed by atoms with van der Waals surface area (Å²) in [6, 6.07) is 14.5. The molecule has 2 amide bonds. The SMILES string of the molecule is CCN(CC(=O)Nc1cccc(OC)c1)C(=O)CSc1nncn1-c1ccc(OC)cc1. The van der Waals surface area contributed by atoms with E-state index in [0.29, 0.717) is 23.1 Å². The maximum absolute atomic E-state index is 12.7. The highest BCUT2D eigenvalue weighted by Crippen LogP contribution is 2.22. The van der Waals surface area contributed by atoms with E-state index >= 15 is 0 Å². The monoisotopic (exact) mass is 455 g/mol. The molecule has 0 saturated heterocycles. The number of nitrogens with one attached hydrogen (secondary N) is 1. The Balaban J connectivity index is 1.57. The van der Waals surface area contributed by atoms with Crippen molar-refractivity contribution in [3.05, 3.63) is 54.9 Å². The second-order valence-electron chi connectivity index (χ2n) is 6.66. The van der Waals surface area contributed by atoms with Gasteiger partial charge in [0.15, 0.2) is 5.16 Å². The highest BCUT2D eigenvalue weighted by Gasteiger charge is 2.18. The first-order chi connectivity index (χ1) is 15.5. The Morgan fingerprint density at radius 1 is 1.09 bits per heavy atom. The lowest BCUT2D eigenvalue weighted by molar-refractivity contribution is -0.132. The zero-order chi connectivity index (χ0) is 22.9. The molecule has 1 heterocycles. The molecule has 0 saturated carbocycles. The Bertz CT molecular complexity index is 1050. The molecule has 10 heteroatoms. The number of methoxy groups -OCH3 is 2. The predicted molar refractivity (Wildman–Crippen MR) is 123 cm³/mol. The van der Waals surface area contributed by atoms with Crippen molar-refractivity contribution < 1.29 is 19.1 Å². The van der Waals surface area contributed by atoms with Gasteiger partial charge < -0.3 is 19.7 Å². The zero-order valence-electron chi connectivity index (χ0n) is 18.1. The van der Waals surface area contributed by atoms with Crippen LogP contribution in [0.4, 0.5) is 5.69 Å². The number of thioether (sulfide) groups is 1. The maximum atomic E-state index is 12.7. The number of benzene rings is 2. The van der Waals surface area contributed by atoms with Crippen LogP contribution in [0.3, 0.4) is 0 Å². The van der Waals surface area contributed by atoms with Crippen molar-refractivity contribution in [1.29, 1.82) is 0 Å². The molecule has 32 heavy (non-hydrogen) atoms. The van der Waals surface area contributed by atoms with Crippen molar-refractivity contribution in [3.8, 4) is 17.2 Å². The fourth-order valence-corrected chi connectivity index (χ4v) is 3.74. The van der Waals surface area contributed by atoms with Crippen LogP contribution in [0, 0.1) is 0 Å². The molecular formula is C22H25N5O4S. The number of carbonyl (C=O) groups excluding carboxylic acids is 2. The summed E-state index contributed by atoms with van der Waals surface area (Å²) in [5.41, 5.74) is 1.47. The number of ether oxygens (including phenoxy) is 2. The van der Waals surface area contributed by atoms with Crippen LogP contribution < -0.4 is 14.8 Å². The molecule has 0 unspecified atom stereocenters. The number of hydrogen-bond acceptors (Lipinski definition) is 7. The van der Waals surface area contributed by atoms with Gasteiger partial charge in [-0.25, -0.2) is 0 Å². The summed E-state index contributed by atoms with van der Waals surface area (Å²) in [6.07, 6.45) is 1.59. The minimum atomic E-state index is -0.278. The number of carbonyl (C=O) groups is 2. The third kappa shape index (κ3) is 6.01. The Kier molecular flexibility index (Phi) is 8.09. The van der Waals surface area contributed by atoms with Crippen LogP contribution in [0.2, 0.25) is 0 Å². The number of amides is 2. The van der Waals surface area contributed by atoms with Crippen molar-refractivity contribution in [2.75, 3.05) is 38.4 Å². The summed E-state index contributed by atoms with van der Waals surface area (Å²) in [7, 11) is 3.17. The fraction of sp³-hybridized carbons (Fsp3) is 0.273. The Morgan fingerprint density at radius 3 is 2.53 bits per heavy atom. The van der Waals surface area contributed by atoms with Crippen molar-refractivity contribution in [2.45, 2.75) is 12.1 Å². The average molecular weight is 456 g/mol. The number of hydrogen-bond donors (Lipinski definition) is 1. The van der Waals surface area contributed by atoms with Gasteiger partial charge in [0.1, 0.15) is 17.8 Å². The minimum absolute atomic E-state index is 0.0434. The number of nitrogens with zero attached hydrogens (tertiary/aromatic N) is 4. The first-order valence-corrected chi connectivity index (χ1v) is 10.9. The highest BCUT2D eigenvalue weighted by atomic mass is 32.2. The van der Waals surface area contributed by atoms with Crippen LogP contribution in [0.1, 0.15) is 6.92 Å². The molecule has 1 N–H and O–H groups in total. The van der Waals surface area contributed by atoms with Crippen LogP contribution >= 0.6 is 11.8 Å². The van der Waals surface area contributed by atoms with Gasteiger partial charge in [-0.3, -0.25) is 14.2 Å². The summed E-state index contributed by atoms with van der Waals surface area (Å²) in [6.45, 7) is 2.20. The zero-order valence-corrected chi connectivity index (χ0v) is 19.0. The highest BCUT2D eigenvalue weighted by molar-refractivity contribution is 7.99. The molecule has 0 atom stereocenters. The molecule has 1 aromatic heterocycles. The van der Waals surface area contributed by atoms with Gasteiger partial charge in [-0.2, -0.15) is 0 Å². The summed E-state index contributed by atoms with van der Waals surface area (Å²) in [5.74, 6) is 1.08. The van der Waals surface area contributed by atoms with E-state index in [1.54, 1.807) is 49.4 Å². The second-order valence-corrected chi connectivity index (χ2v) is 7.60. The summed E-state index contributed by atoms with van der Waals surface area (Å²) < 4.78 is 12.1. The van der Waals surface area contributed by atoms with Gasteiger partial charge in [0.05, 0.1) is 26.5 Å². The van der Waals surface area contributed by atoms with E-state index < -0.39 is 0 Å². The van der Waals surface area contributed by atoms with Gasteiger partial charge in [-0.15, -0.1) is 10.2 Å². The number of likely N-dealkylation sites (N-methyl/N-ethyl adjacent to an activating group) is 1. The van der Waals surface area contributed by atoms with Crippen molar-refractivity contribution >= 4 is 29.3 Å². The lowest BCUT2D eigenvalue weighted by Crippen LogP contribution is -2.38. The number of aromatic nitrogens is 3. The molecule has 0 radical (unpaired) electrons. The Morgan fingerprint density at radius 2 is 1.84 bits per heavy atom. The van der Waals surface area contributed by atoms with E-state index in [1.165, 1.54) is 16.7 Å². The molecule has 3 rings (SSSR count). The van der Waals surface area contributed by atoms with Crippen LogP contribution in [0.15, 0.2) is 60.0 Å². The first kappa shape index (κ1) is 23.1. The van der Waals surface area contributed by atoms with Gasteiger partial charge in [0.25, 0.3) is 0 Å². The summed E-state index contributed by atoms with van der Waals surface area (Å²) in [4.78, 5) is 26.6. The molecule has 0 bridgehead atoms. The molecule has 3 aromatic rings. The predicted octanol–water partition coefficient (Wildman–Crippen LogP) is 2.86. The van der Waals surface area contributed by atoms with Gasteiger partial charge >= 0.3 is 0 Å². The van der Waals surface area contributed by atoms with E-state index in [-0.39, 0.29) is 24.1 Å².